The van der Waals surface area contributed by atoms with Crippen LogP contribution in [-0.2, 0) is 4.74 Å². The Hall–Kier alpha value is -2.34. The number of carbonyl (C=O) groups is 1. The summed E-state index contributed by atoms with van der Waals surface area (Å²) in [5.74, 6) is 1.17. The Morgan fingerprint density at radius 3 is 2.92 bits per heavy atom. The molecule has 2 aliphatic heterocycles. The zero-order valence-electron chi connectivity index (χ0n) is 15.2. The number of rotatable bonds is 2. The molecular formula is C20H25N3O3. The van der Waals surface area contributed by atoms with Gasteiger partial charge < -0.3 is 19.0 Å². The minimum absolute atomic E-state index is 0.0191. The predicted octanol–water partition coefficient (Wildman–Crippen LogP) is 2.74. The van der Waals surface area contributed by atoms with Crippen molar-refractivity contribution >= 4 is 11.6 Å². The van der Waals surface area contributed by atoms with E-state index < -0.39 is 0 Å². The van der Waals surface area contributed by atoms with Gasteiger partial charge in [0.25, 0.3) is 5.91 Å². The summed E-state index contributed by atoms with van der Waals surface area (Å²) in [5.41, 5.74) is 1.06. The van der Waals surface area contributed by atoms with E-state index in [0.29, 0.717) is 25.5 Å². The number of nitrogens with zero attached hydrogens (tertiary/aromatic N) is 3. The molecule has 2 aromatic heterocycles. The molecule has 4 heterocycles. The molecule has 0 bridgehead atoms. The third kappa shape index (κ3) is 3.46. The second kappa shape index (κ2) is 7.11. The second-order valence-electron chi connectivity index (χ2n) is 7.43. The number of hydrogen-bond donors (Lipinski definition) is 0. The largest absolute Gasteiger partial charge is 0.456 e. The Kier molecular flexibility index (Phi) is 4.68. The Balaban J connectivity index is 1.53. The van der Waals surface area contributed by atoms with Crippen molar-refractivity contribution in [3.8, 4) is 0 Å². The molecule has 138 valence electrons. The van der Waals surface area contributed by atoms with Crippen LogP contribution in [0.15, 0.2) is 41.1 Å². The van der Waals surface area contributed by atoms with E-state index in [1.165, 1.54) is 0 Å². The first-order chi connectivity index (χ1) is 12.7. The SMILES string of the molecule is Cc1ccc(C(=O)N2CCCC3(COCCN(c4cccnc4)C3)C2)o1. The Morgan fingerprint density at radius 1 is 1.23 bits per heavy atom. The molecule has 6 nitrogen and oxygen atoms in total. The molecule has 2 fully saturated rings. The van der Waals surface area contributed by atoms with Crippen LogP contribution in [-0.4, -0.2) is 55.2 Å². The fraction of sp³-hybridized carbons (Fsp3) is 0.500. The van der Waals surface area contributed by atoms with E-state index in [-0.39, 0.29) is 11.3 Å². The van der Waals surface area contributed by atoms with Gasteiger partial charge in [-0.25, -0.2) is 0 Å². The van der Waals surface area contributed by atoms with E-state index in [2.05, 4.69) is 16.0 Å². The fourth-order valence-electron chi connectivity index (χ4n) is 4.09. The highest BCUT2D eigenvalue weighted by molar-refractivity contribution is 5.91. The van der Waals surface area contributed by atoms with Crippen molar-refractivity contribution in [2.24, 2.45) is 5.41 Å². The van der Waals surface area contributed by atoms with Gasteiger partial charge in [-0.3, -0.25) is 9.78 Å². The molecule has 6 heteroatoms. The topological polar surface area (TPSA) is 58.8 Å². The van der Waals surface area contributed by atoms with Gasteiger partial charge in [0, 0.05) is 37.8 Å². The van der Waals surface area contributed by atoms with Gasteiger partial charge in [-0.15, -0.1) is 0 Å². The van der Waals surface area contributed by atoms with Gasteiger partial charge in [0.1, 0.15) is 5.76 Å². The third-order valence-corrected chi connectivity index (χ3v) is 5.35. The first-order valence-corrected chi connectivity index (χ1v) is 9.24. The highest BCUT2D eigenvalue weighted by Gasteiger charge is 2.41. The average Bonchev–Trinajstić information content (AvgIpc) is 3.00. The molecular weight excluding hydrogens is 330 g/mol. The Bertz CT molecular complexity index is 761. The van der Waals surface area contributed by atoms with Crippen LogP contribution in [0.2, 0.25) is 0 Å². The van der Waals surface area contributed by atoms with Crippen LogP contribution in [0.1, 0.15) is 29.2 Å². The Morgan fingerprint density at radius 2 is 2.15 bits per heavy atom. The smallest absolute Gasteiger partial charge is 0.289 e. The molecule has 1 spiro atoms. The van der Waals surface area contributed by atoms with E-state index in [1.54, 1.807) is 12.3 Å². The molecule has 4 rings (SSSR count). The number of furan rings is 1. The van der Waals surface area contributed by atoms with Gasteiger partial charge >= 0.3 is 0 Å². The van der Waals surface area contributed by atoms with E-state index >= 15 is 0 Å². The lowest BCUT2D eigenvalue weighted by atomic mass is 9.80. The minimum Gasteiger partial charge on any atom is -0.456 e. The molecule has 1 atom stereocenters. The first kappa shape index (κ1) is 17.1. The van der Waals surface area contributed by atoms with Crippen LogP contribution in [0.5, 0.6) is 0 Å². The van der Waals surface area contributed by atoms with E-state index in [0.717, 1.165) is 43.9 Å². The van der Waals surface area contributed by atoms with Gasteiger partial charge in [0.05, 0.1) is 25.1 Å². The summed E-state index contributed by atoms with van der Waals surface area (Å²) in [5, 5.41) is 0. The van der Waals surface area contributed by atoms with Crippen LogP contribution in [0, 0.1) is 12.3 Å². The molecule has 0 aromatic carbocycles. The van der Waals surface area contributed by atoms with Gasteiger partial charge in [-0.2, -0.15) is 0 Å². The number of anilines is 1. The van der Waals surface area contributed by atoms with Crippen molar-refractivity contribution in [1.29, 1.82) is 0 Å². The van der Waals surface area contributed by atoms with Crippen molar-refractivity contribution in [1.82, 2.24) is 9.88 Å². The van der Waals surface area contributed by atoms with Gasteiger partial charge in [0.15, 0.2) is 5.76 Å². The molecule has 1 amide bonds. The normalized spacial score (nSPS) is 23.9. The average molecular weight is 355 g/mol. The van der Waals surface area contributed by atoms with E-state index in [1.807, 2.05) is 30.2 Å². The number of amides is 1. The minimum atomic E-state index is -0.0537. The maximum Gasteiger partial charge on any atom is 0.289 e. The second-order valence-corrected chi connectivity index (χ2v) is 7.43. The standard InChI is InChI=1S/C20H25N3O3/c1-16-5-6-18(26-16)19(24)23-9-3-7-20(14-23)13-22(10-11-25-15-20)17-4-2-8-21-12-17/h2,4-6,8,12H,3,7,9-11,13-15H2,1H3. The van der Waals surface area contributed by atoms with Crippen LogP contribution >= 0.6 is 0 Å². The lowest BCUT2D eigenvalue weighted by molar-refractivity contribution is 0.0122. The van der Waals surface area contributed by atoms with Crippen LogP contribution in [0.3, 0.4) is 0 Å². The van der Waals surface area contributed by atoms with E-state index in [4.69, 9.17) is 9.15 Å². The summed E-state index contributed by atoms with van der Waals surface area (Å²) in [4.78, 5) is 21.4. The molecule has 0 aliphatic carbocycles. The van der Waals surface area contributed by atoms with Crippen LogP contribution < -0.4 is 4.90 Å². The number of pyridine rings is 1. The van der Waals surface area contributed by atoms with Crippen molar-refractivity contribution < 1.29 is 13.9 Å². The van der Waals surface area contributed by atoms with Gasteiger partial charge in [0.2, 0.25) is 0 Å². The quantitative estimate of drug-likeness (QED) is 0.829. The molecule has 0 radical (unpaired) electrons. The Labute approximate surface area is 153 Å². The van der Waals surface area contributed by atoms with Crippen LogP contribution in [0.4, 0.5) is 5.69 Å². The molecule has 2 aliphatic rings. The number of carbonyl (C=O) groups excluding carboxylic acids is 1. The third-order valence-electron chi connectivity index (χ3n) is 5.35. The zero-order valence-corrected chi connectivity index (χ0v) is 15.2. The first-order valence-electron chi connectivity index (χ1n) is 9.24. The summed E-state index contributed by atoms with van der Waals surface area (Å²) in [6.07, 6.45) is 5.73. The van der Waals surface area contributed by atoms with Crippen molar-refractivity contribution in [3.63, 3.8) is 0 Å². The maximum atomic E-state index is 12.8. The summed E-state index contributed by atoms with van der Waals surface area (Å²) < 4.78 is 11.5. The molecule has 0 N–H and O–H groups in total. The number of aryl methyl sites for hydroxylation is 1. The molecule has 2 aromatic rings. The van der Waals surface area contributed by atoms with Crippen molar-refractivity contribution in [3.05, 3.63) is 48.2 Å². The molecule has 26 heavy (non-hydrogen) atoms. The van der Waals surface area contributed by atoms with Gasteiger partial charge in [-0.1, -0.05) is 0 Å². The molecule has 2 saturated heterocycles. The number of likely N-dealkylation sites (tertiary alicyclic amines) is 1. The number of ether oxygens (including phenoxy) is 1. The summed E-state index contributed by atoms with van der Waals surface area (Å²) >= 11 is 0. The molecule has 1 unspecified atom stereocenters. The highest BCUT2D eigenvalue weighted by atomic mass is 16.5. The monoisotopic (exact) mass is 355 g/mol. The van der Waals surface area contributed by atoms with Crippen LogP contribution in [0.25, 0.3) is 0 Å². The lowest BCUT2D eigenvalue weighted by Crippen LogP contribution is -2.52. The summed E-state index contributed by atoms with van der Waals surface area (Å²) in [6.45, 7) is 6.43. The van der Waals surface area contributed by atoms with Crippen molar-refractivity contribution in [2.45, 2.75) is 19.8 Å². The summed E-state index contributed by atoms with van der Waals surface area (Å²) in [7, 11) is 0. The number of hydrogen-bond acceptors (Lipinski definition) is 5. The number of piperidine rings is 1. The lowest BCUT2D eigenvalue weighted by Gasteiger charge is -2.43. The van der Waals surface area contributed by atoms with Gasteiger partial charge in [-0.05, 0) is 44.0 Å². The zero-order chi connectivity index (χ0) is 18.0. The van der Waals surface area contributed by atoms with E-state index in [9.17, 15) is 4.79 Å². The summed E-state index contributed by atoms with van der Waals surface area (Å²) in [6, 6.07) is 7.66. The maximum absolute atomic E-state index is 12.8. The fourth-order valence-corrected chi connectivity index (χ4v) is 4.09. The number of aromatic nitrogens is 1. The predicted molar refractivity (Wildman–Crippen MR) is 98.3 cm³/mol. The molecule has 0 saturated carbocycles. The highest BCUT2D eigenvalue weighted by Crippen LogP contribution is 2.35. The van der Waals surface area contributed by atoms with Crippen molar-refractivity contribution in [2.75, 3.05) is 44.3 Å².